The Hall–Kier alpha value is -3.41. The molecule has 1 unspecified atom stereocenters. The summed E-state index contributed by atoms with van der Waals surface area (Å²) in [5.41, 5.74) is -4.38. The SMILES string of the molecule is N#Cc1ncc(N2C(=O)C3(CCC3)N(c3ccc(C(=O)NCCN4CCOCC4)c(F)c3)C2S)cc1C(F)(F)F. The van der Waals surface area contributed by atoms with E-state index >= 15 is 4.39 Å². The van der Waals surface area contributed by atoms with E-state index in [1.807, 2.05) is 0 Å². The smallest absolute Gasteiger partial charge is 0.379 e. The highest BCUT2D eigenvalue weighted by Gasteiger charge is 2.60. The Bertz CT molecular complexity index is 1360. The Morgan fingerprint density at radius 3 is 2.55 bits per heavy atom. The molecular weight excluding hydrogens is 552 g/mol. The number of nitriles is 1. The molecule has 1 spiro atoms. The number of carbonyl (C=O) groups is 2. The summed E-state index contributed by atoms with van der Waals surface area (Å²) in [6.07, 6.45) is -2.38. The number of morpholine rings is 1. The Morgan fingerprint density at radius 1 is 1.23 bits per heavy atom. The minimum Gasteiger partial charge on any atom is -0.379 e. The van der Waals surface area contributed by atoms with E-state index in [2.05, 4.69) is 27.8 Å². The second kappa shape index (κ2) is 10.9. The Morgan fingerprint density at radius 2 is 1.95 bits per heavy atom. The third kappa shape index (κ3) is 4.97. The van der Waals surface area contributed by atoms with Crippen LogP contribution in [0.5, 0.6) is 0 Å². The van der Waals surface area contributed by atoms with Crippen LogP contribution in [0.1, 0.15) is 40.9 Å². The molecule has 1 saturated carbocycles. The summed E-state index contributed by atoms with van der Waals surface area (Å²) in [6.45, 7) is 3.69. The molecule has 3 aliphatic rings. The molecule has 1 aromatic carbocycles. The van der Waals surface area contributed by atoms with Gasteiger partial charge in [0.1, 0.15) is 17.4 Å². The predicted octanol–water partition coefficient (Wildman–Crippen LogP) is 3.16. The van der Waals surface area contributed by atoms with E-state index in [1.165, 1.54) is 18.2 Å². The zero-order valence-electron chi connectivity index (χ0n) is 21.2. The molecule has 14 heteroatoms. The van der Waals surface area contributed by atoms with Crippen LogP contribution < -0.4 is 15.1 Å². The second-order valence-corrected chi connectivity index (χ2v) is 10.3. The third-order valence-corrected chi connectivity index (χ3v) is 8.04. The summed E-state index contributed by atoms with van der Waals surface area (Å²) in [5, 5.41) is 11.8. The van der Waals surface area contributed by atoms with E-state index in [1.54, 1.807) is 4.90 Å². The average molecular weight is 579 g/mol. The van der Waals surface area contributed by atoms with Gasteiger partial charge in [0, 0.05) is 31.9 Å². The van der Waals surface area contributed by atoms with Crippen molar-refractivity contribution in [1.82, 2.24) is 15.2 Å². The number of hydrogen-bond acceptors (Lipinski definition) is 8. The fraction of sp³-hybridized carbons (Fsp3) is 0.462. The Labute approximate surface area is 233 Å². The Balaban J connectivity index is 1.38. The third-order valence-electron chi connectivity index (χ3n) is 7.58. The van der Waals surface area contributed by atoms with E-state index in [4.69, 9.17) is 10.00 Å². The fourth-order valence-electron chi connectivity index (χ4n) is 5.34. The lowest BCUT2D eigenvalue weighted by Gasteiger charge is -2.44. The van der Waals surface area contributed by atoms with Crippen LogP contribution in [0.25, 0.3) is 0 Å². The number of nitrogens with one attached hydrogen (secondary N) is 1. The van der Waals surface area contributed by atoms with Gasteiger partial charge in [0.2, 0.25) is 0 Å². The normalized spacial score (nSPS) is 20.9. The van der Waals surface area contributed by atoms with Crippen molar-refractivity contribution in [2.24, 2.45) is 0 Å². The van der Waals surface area contributed by atoms with Gasteiger partial charge in [0.05, 0.1) is 36.2 Å². The van der Waals surface area contributed by atoms with Crippen molar-refractivity contribution in [2.45, 2.75) is 36.5 Å². The minimum absolute atomic E-state index is 0.169. The van der Waals surface area contributed by atoms with Crippen LogP contribution in [0.2, 0.25) is 0 Å². The van der Waals surface area contributed by atoms with E-state index in [0.29, 0.717) is 51.6 Å². The molecule has 2 aromatic rings. The number of benzene rings is 1. The average Bonchev–Trinajstić information content (AvgIpc) is 3.14. The number of alkyl halides is 3. The van der Waals surface area contributed by atoms with Crippen molar-refractivity contribution in [3.63, 3.8) is 0 Å². The summed E-state index contributed by atoms with van der Waals surface area (Å²) in [5.74, 6) is -1.88. The first-order valence-electron chi connectivity index (χ1n) is 12.7. The van der Waals surface area contributed by atoms with Gasteiger partial charge in [-0.05, 0) is 43.5 Å². The maximum Gasteiger partial charge on any atom is 0.419 e. The lowest BCUT2D eigenvalue weighted by molar-refractivity contribution is -0.138. The van der Waals surface area contributed by atoms with Gasteiger partial charge in [-0.15, -0.1) is 12.6 Å². The standard InChI is InChI=1S/C26H26F4N6O3S/c27-20-13-16(2-3-18(20)22(37)32-6-7-34-8-10-39-11-9-34)36-24(40)35(23(38)25(36)4-1-5-25)17-12-19(26(28,29)30)21(14-31)33-15-17/h2-3,12-13,15,24,40H,1,4-11H2,(H,32,37). The van der Waals surface area contributed by atoms with Crippen LogP contribution in [0, 0.1) is 17.1 Å². The molecule has 1 N–H and O–H groups in total. The van der Waals surface area contributed by atoms with Crippen LogP contribution in [0.4, 0.5) is 28.9 Å². The zero-order chi connectivity index (χ0) is 28.7. The maximum atomic E-state index is 15.2. The van der Waals surface area contributed by atoms with Gasteiger partial charge < -0.3 is 15.0 Å². The topological polar surface area (TPSA) is 102 Å². The quantitative estimate of drug-likeness (QED) is 0.401. The minimum atomic E-state index is -4.86. The molecule has 2 saturated heterocycles. The van der Waals surface area contributed by atoms with Gasteiger partial charge in [-0.25, -0.2) is 9.37 Å². The molecule has 1 aromatic heterocycles. The number of aromatic nitrogens is 1. The summed E-state index contributed by atoms with van der Waals surface area (Å²) >= 11 is 4.56. The monoisotopic (exact) mass is 578 g/mol. The highest BCUT2D eigenvalue weighted by Crippen LogP contribution is 2.50. The number of hydrogen-bond donors (Lipinski definition) is 2. The lowest BCUT2D eigenvalue weighted by Crippen LogP contribution is -2.55. The molecule has 9 nitrogen and oxygen atoms in total. The summed E-state index contributed by atoms with van der Waals surface area (Å²) in [4.78, 5) is 34.7. The zero-order valence-corrected chi connectivity index (χ0v) is 22.1. The van der Waals surface area contributed by atoms with Crippen LogP contribution in [0.3, 0.4) is 0 Å². The van der Waals surface area contributed by atoms with Gasteiger partial charge in [-0.3, -0.25) is 19.4 Å². The van der Waals surface area contributed by atoms with Gasteiger partial charge in [0.25, 0.3) is 11.8 Å². The Kier molecular flexibility index (Phi) is 7.64. The molecule has 40 heavy (non-hydrogen) atoms. The number of rotatable bonds is 6. The number of thiol groups is 1. The molecule has 3 fully saturated rings. The number of ether oxygens (including phenoxy) is 1. The van der Waals surface area contributed by atoms with E-state index < -0.39 is 46.1 Å². The van der Waals surface area contributed by atoms with Gasteiger partial charge in [-0.2, -0.15) is 18.4 Å². The lowest BCUT2D eigenvalue weighted by atomic mass is 9.75. The van der Waals surface area contributed by atoms with Crippen molar-refractivity contribution >= 4 is 35.8 Å². The van der Waals surface area contributed by atoms with E-state index in [0.717, 1.165) is 30.3 Å². The van der Waals surface area contributed by atoms with E-state index in [-0.39, 0.29) is 16.9 Å². The molecule has 2 aliphatic heterocycles. The van der Waals surface area contributed by atoms with Crippen molar-refractivity contribution in [2.75, 3.05) is 49.2 Å². The second-order valence-electron chi connectivity index (χ2n) is 9.85. The van der Waals surface area contributed by atoms with E-state index in [9.17, 15) is 22.8 Å². The molecular formula is C26H26F4N6O3S. The fourth-order valence-corrected chi connectivity index (χ4v) is 5.93. The molecule has 0 radical (unpaired) electrons. The number of halogens is 4. The molecule has 3 heterocycles. The molecule has 0 bridgehead atoms. The van der Waals surface area contributed by atoms with Crippen LogP contribution >= 0.6 is 12.6 Å². The number of nitrogens with zero attached hydrogens (tertiary/aromatic N) is 5. The van der Waals surface area contributed by atoms with Crippen molar-refractivity contribution in [3.8, 4) is 6.07 Å². The highest BCUT2D eigenvalue weighted by atomic mass is 32.1. The van der Waals surface area contributed by atoms with Gasteiger partial charge >= 0.3 is 6.18 Å². The summed E-state index contributed by atoms with van der Waals surface area (Å²) < 4.78 is 61.3. The number of anilines is 2. The largest absolute Gasteiger partial charge is 0.419 e. The van der Waals surface area contributed by atoms with Crippen LogP contribution in [-0.4, -0.2) is 72.1 Å². The van der Waals surface area contributed by atoms with Crippen molar-refractivity contribution in [3.05, 3.63) is 53.1 Å². The molecule has 212 valence electrons. The first kappa shape index (κ1) is 28.1. The number of pyridine rings is 1. The number of amides is 2. The molecule has 5 rings (SSSR count). The molecule has 1 atom stereocenters. The van der Waals surface area contributed by atoms with Gasteiger partial charge in [-0.1, -0.05) is 0 Å². The predicted molar refractivity (Wildman–Crippen MR) is 139 cm³/mol. The van der Waals surface area contributed by atoms with Crippen LogP contribution in [0.15, 0.2) is 30.5 Å². The maximum absolute atomic E-state index is 15.2. The highest BCUT2D eigenvalue weighted by molar-refractivity contribution is 7.81. The first-order chi connectivity index (χ1) is 19.1. The number of carbonyl (C=O) groups excluding carboxylic acids is 2. The molecule has 1 aliphatic carbocycles. The van der Waals surface area contributed by atoms with Gasteiger partial charge in [0.15, 0.2) is 11.2 Å². The van der Waals surface area contributed by atoms with Crippen molar-refractivity contribution in [1.29, 1.82) is 5.26 Å². The van der Waals surface area contributed by atoms with Crippen molar-refractivity contribution < 1.29 is 31.9 Å². The van der Waals surface area contributed by atoms with Crippen LogP contribution in [-0.2, 0) is 15.7 Å². The first-order valence-corrected chi connectivity index (χ1v) is 13.2. The summed E-state index contributed by atoms with van der Waals surface area (Å²) in [7, 11) is 0. The summed E-state index contributed by atoms with van der Waals surface area (Å²) in [6, 6.07) is 6.07. The molecule has 2 amide bonds.